The summed E-state index contributed by atoms with van der Waals surface area (Å²) in [6.07, 6.45) is -4.31. The van der Waals surface area contributed by atoms with Crippen LogP contribution in [0.5, 0.6) is 0 Å². The maximum atomic E-state index is 11.7. The Labute approximate surface area is 60.2 Å². The molecule has 0 spiro atoms. The van der Waals surface area contributed by atoms with Gasteiger partial charge in [-0.05, 0) is 0 Å². The standard InChI is InChI=1S/C5H5F3OS/c6-5(7,8)4-3-10-2-1-9-4/h3H,1-2H2. The third kappa shape index (κ3) is 1.83. The minimum absolute atomic E-state index is 0.149. The van der Waals surface area contributed by atoms with Crippen LogP contribution in [0.3, 0.4) is 0 Å². The van der Waals surface area contributed by atoms with Crippen LogP contribution in [0.2, 0.25) is 0 Å². The molecule has 0 radical (unpaired) electrons. The summed E-state index contributed by atoms with van der Waals surface area (Å²) in [6.45, 7) is 0.149. The predicted octanol–water partition coefficient (Wildman–Crippen LogP) is 2.15. The van der Waals surface area contributed by atoms with Crippen molar-refractivity contribution in [1.29, 1.82) is 0 Å². The molecular weight excluding hydrogens is 165 g/mol. The fourth-order valence-corrected chi connectivity index (χ4v) is 1.17. The first-order valence-electron chi connectivity index (χ1n) is 2.62. The lowest BCUT2D eigenvalue weighted by Crippen LogP contribution is -2.17. The number of alkyl halides is 3. The topological polar surface area (TPSA) is 9.23 Å². The SMILES string of the molecule is FC(F)(F)C1=CSCCO1. The van der Waals surface area contributed by atoms with Gasteiger partial charge in [-0.3, -0.25) is 0 Å². The molecule has 1 heterocycles. The van der Waals surface area contributed by atoms with Crippen LogP contribution in [0.25, 0.3) is 0 Å². The molecule has 0 aliphatic carbocycles. The molecule has 0 atom stereocenters. The van der Waals surface area contributed by atoms with Gasteiger partial charge in [0.15, 0.2) is 0 Å². The summed E-state index contributed by atoms with van der Waals surface area (Å²) in [5, 5.41) is 1.00. The van der Waals surface area contributed by atoms with Crippen LogP contribution < -0.4 is 0 Å². The molecule has 5 heteroatoms. The van der Waals surface area contributed by atoms with Crippen LogP contribution in [0.4, 0.5) is 13.2 Å². The highest BCUT2D eigenvalue weighted by molar-refractivity contribution is 8.02. The summed E-state index contributed by atoms with van der Waals surface area (Å²) in [5.41, 5.74) is 0. The second kappa shape index (κ2) is 2.74. The fraction of sp³-hybridized carbons (Fsp3) is 0.600. The largest absolute Gasteiger partial charge is 0.488 e. The Morgan fingerprint density at radius 2 is 2.20 bits per heavy atom. The summed E-state index contributed by atoms with van der Waals surface area (Å²) < 4.78 is 39.6. The van der Waals surface area contributed by atoms with Crippen LogP contribution >= 0.6 is 11.8 Å². The summed E-state index contributed by atoms with van der Waals surface area (Å²) in [5.74, 6) is -0.275. The summed E-state index contributed by atoms with van der Waals surface area (Å²) in [7, 11) is 0. The van der Waals surface area contributed by atoms with Crippen LogP contribution in [0, 0.1) is 0 Å². The first-order chi connectivity index (χ1) is 4.61. The first kappa shape index (κ1) is 7.78. The van der Waals surface area contributed by atoms with Crippen LogP contribution in [0.1, 0.15) is 0 Å². The Hall–Kier alpha value is -0.320. The van der Waals surface area contributed by atoms with Crippen molar-refractivity contribution in [1.82, 2.24) is 0 Å². The summed E-state index contributed by atoms with van der Waals surface area (Å²) in [6, 6.07) is 0. The van der Waals surface area contributed by atoms with Crippen molar-refractivity contribution in [3.63, 3.8) is 0 Å². The van der Waals surface area contributed by atoms with Crippen molar-refractivity contribution >= 4 is 11.8 Å². The molecule has 0 amide bonds. The van der Waals surface area contributed by atoms with E-state index in [1.165, 1.54) is 0 Å². The average Bonchev–Trinajstić information content (AvgIpc) is 1.88. The van der Waals surface area contributed by atoms with E-state index in [0.717, 1.165) is 17.2 Å². The van der Waals surface area contributed by atoms with Crippen molar-refractivity contribution in [3.05, 3.63) is 11.2 Å². The highest BCUT2D eigenvalue weighted by Gasteiger charge is 2.36. The number of thioether (sulfide) groups is 1. The molecule has 0 aromatic carbocycles. The maximum Gasteiger partial charge on any atom is 0.449 e. The number of hydrogen-bond acceptors (Lipinski definition) is 2. The highest BCUT2D eigenvalue weighted by Crippen LogP contribution is 2.30. The number of ether oxygens (including phenoxy) is 1. The highest BCUT2D eigenvalue weighted by atomic mass is 32.2. The zero-order valence-electron chi connectivity index (χ0n) is 4.94. The molecule has 58 valence electrons. The summed E-state index contributed by atoms with van der Waals surface area (Å²) >= 11 is 1.12. The van der Waals surface area contributed by atoms with E-state index in [-0.39, 0.29) is 6.61 Å². The molecular formula is C5H5F3OS. The van der Waals surface area contributed by atoms with Gasteiger partial charge in [0.25, 0.3) is 0 Å². The van der Waals surface area contributed by atoms with Gasteiger partial charge in [0, 0.05) is 11.2 Å². The number of allylic oxidation sites excluding steroid dienone is 1. The molecule has 1 rings (SSSR count). The molecule has 0 aromatic rings. The van der Waals surface area contributed by atoms with Gasteiger partial charge in [0.2, 0.25) is 5.76 Å². The van der Waals surface area contributed by atoms with Gasteiger partial charge in [0.1, 0.15) is 0 Å². The predicted molar refractivity (Wildman–Crippen MR) is 32.5 cm³/mol. The monoisotopic (exact) mass is 170 g/mol. The second-order valence-corrected chi connectivity index (χ2v) is 2.68. The summed E-state index contributed by atoms with van der Waals surface area (Å²) in [4.78, 5) is 0. The lowest BCUT2D eigenvalue weighted by atomic mass is 10.5. The minimum atomic E-state index is -4.31. The van der Waals surface area contributed by atoms with Gasteiger partial charge in [-0.2, -0.15) is 13.2 Å². The second-order valence-electron chi connectivity index (χ2n) is 1.70. The molecule has 0 unspecified atom stereocenters. The Kier molecular flexibility index (Phi) is 2.13. The van der Waals surface area contributed by atoms with Crippen molar-refractivity contribution in [3.8, 4) is 0 Å². The normalized spacial score (nSPS) is 19.7. The molecule has 0 bridgehead atoms. The van der Waals surface area contributed by atoms with E-state index >= 15 is 0 Å². The zero-order chi connectivity index (χ0) is 7.61. The van der Waals surface area contributed by atoms with Crippen LogP contribution in [0.15, 0.2) is 11.2 Å². The zero-order valence-corrected chi connectivity index (χ0v) is 5.76. The van der Waals surface area contributed by atoms with E-state index in [1.807, 2.05) is 0 Å². The maximum absolute atomic E-state index is 11.7. The Morgan fingerprint density at radius 1 is 1.50 bits per heavy atom. The van der Waals surface area contributed by atoms with Gasteiger partial charge in [-0.1, -0.05) is 0 Å². The molecule has 0 N–H and O–H groups in total. The van der Waals surface area contributed by atoms with Crippen molar-refractivity contribution < 1.29 is 17.9 Å². The average molecular weight is 170 g/mol. The van der Waals surface area contributed by atoms with E-state index in [1.54, 1.807) is 0 Å². The van der Waals surface area contributed by atoms with E-state index in [9.17, 15) is 13.2 Å². The van der Waals surface area contributed by atoms with E-state index < -0.39 is 11.9 Å². The Bertz CT molecular complexity index is 151. The van der Waals surface area contributed by atoms with Gasteiger partial charge >= 0.3 is 6.18 Å². The Balaban J connectivity index is 2.62. The smallest absolute Gasteiger partial charge is 0.449 e. The molecule has 1 aliphatic rings. The lowest BCUT2D eigenvalue weighted by Gasteiger charge is -2.16. The molecule has 0 fully saturated rings. The van der Waals surface area contributed by atoms with Crippen molar-refractivity contribution in [2.75, 3.05) is 12.4 Å². The van der Waals surface area contributed by atoms with Crippen molar-refractivity contribution in [2.45, 2.75) is 6.18 Å². The Morgan fingerprint density at radius 3 is 2.50 bits per heavy atom. The van der Waals surface area contributed by atoms with E-state index in [4.69, 9.17) is 0 Å². The third-order valence-electron chi connectivity index (χ3n) is 0.929. The molecule has 0 saturated carbocycles. The minimum Gasteiger partial charge on any atom is -0.488 e. The molecule has 1 aliphatic heterocycles. The van der Waals surface area contributed by atoms with Crippen LogP contribution in [-0.4, -0.2) is 18.5 Å². The molecule has 10 heavy (non-hydrogen) atoms. The van der Waals surface area contributed by atoms with Crippen molar-refractivity contribution in [2.24, 2.45) is 0 Å². The third-order valence-corrected chi connectivity index (χ3v) is 1.71. The van der Waals surface area contributed by atoms with Crippen LogP contribution in [-0.2, 0) is 4.74 Å². The van der Waals surface area contributed by atoms with Gasteiger partial charge in [-0.25, -0.2) is 0 Å². The lowest BCUT2D eigenvalue weighted by molar-refractivity contribution is -0.129. The molecule has 0 aromatic heterocycles. The van der Waals surface area contributed by atoms with E-state index in [2.05, 4.69) is 4.74 Å². The first-order valence-corrected chi connectivity index (χ1v) is 3.67. The molecule has 1 nitrogen and oxygen atoms in total. The molecule has 0 saturated heterocycles. The quantitative estimate of drug-likeness (QED) is 0.551. The van der Waals surface area contributed by atoms with Gasteiger partial charge in [-0.15, -0.1) is 11.8 Å². The van der Waals surface area contributed by atoms with Gasteiger partial charge in [0.05, 0.1) is 6.61 Å². The number of rotatable bonds is 0. The van der Waals surface area contributed by atoms with E-state index in [0.29, 0.717) is 5.75 Å². The number of halogens is 3. The fourth-order valence-electron chi connectivity index (χ4n) is 0.517. The van der Waals surface area contributed by atoms with Gasteiger partial charge < -0.3 is 4.74 Å². The number of hydrogen-bond donors (Lipinski definition) is 0.